The Labute approximate surface area is 123 Å². The van der Waals surface area contributed by atoms with Crippen LogP contribution in [0.3, 0.4) is 0 Å². The van der Waals surface area contributed by atoms with E-state index in [4.69, 9.17) is 11.6 Å². The molecule has 0 fully saturated rings. The highest BCUT2D eigenvalue weighted by atomic mass is 35.5. The van der Waals surface area contributed by atoms with Crippen LogP contribution in [0.2, 0.25) is 5.02 Å². The van der Waals surface area contributed by atoms with E-state index >= 15 is 0 Å². The topological polar surface area (TPSA) is 29.1 Å². The van der Waals surface area contributed by atoms with Gasteiger partial charge in [0.05, 0.1) is 5.92 Å². The minimum absolute atomic E-state index is 0.0867. The number of carbonyl (C=O) groups is 1. The highest BCUT2D eigenvalue weighted by Gasteiger charge is 2.31. The van der Waals surface area contributed by atoms with Crippen molar-refractivity contribution in [2.45, 2.75) is 26.2 Å². The minimum atomic E-state index is -0.107. The predicted molar refractivity (Wildman–Crippen MR) is 82.4 cm³/mol. The van der Waals surface area contributed by atoms with Gasteiger partial charge in [-0.25, -0.2) is 0 Å². The molecule has 0 saturated carbocycles. The van der Waals surface area contributed by atoms with E-state index in [1.807, 2.05) is 31.2 Å². The van der Waals surface area contributed by atoms with Crippen LogP contribution in [0.1, 0.15) is 28.2 Å². The van der Waals surface area contributed by atoms with E-state index in [2.05, 4.69) is 24.4 Å². The summed E-state index contributed by atoms with van der Waals surface area (Å²) in [6, 6.07) is 11.9. The molecule has 20 heavy (non-hydrogen) atoms. The molecule has 3 heteroatoms. The maximum atomic E-state index is 12.2. The first-order chi connectivity index (χ1) is 9.54. The standard InChI is InChI=1S/C17H16ClNO/c1-10-7-11(2)16-14(8-10)15(17(20)19-16)9-12-3-5-13(18)6-4-12/h3-8,15H,9H2,1-2H3,(H,19,20)/t15-/m1/s1. The lowest BCUT2D eigenvalue weighted by molar-refractivity contribution is -0.117. The van der Waals surface area contributed by atoms with Crippen LogP contribution in [0.25, 0.3) is 0 Å². The van der Waals surface area contributed by atoms with Crippen LogP contribution in [0.4, 0.5) is 5.69 Å². The molecule has 2 aromatic rings. The van der Waals surface area contributed by atoms with Crippen LogP contribution in [-0.2, 0) is 11.2 Å². The summed E-state index contributed by atoms with van der Waals surface area (Å²) in [4.78, 5) is 12.2. The molecule has 2 aromatic carbocycles. The van der Waals surface area contributed by atoms with Crippen molar-refractivity contribution in [1.82, 2.24) is 0 Å². The lowest BCUT2D eigenvalue weighted by atomic mass is 9.91. The van der Waals surface area contributed by atoms with Crippen LogP contribution < -0.4 is 5.32 Å². The molecule has 1 aliphatic rings. The Balaban J connectivity index is 1.96. The van der Waals surface area contributed by atoms with E-state index in [0.717, 1.165) is 27.4 Å². The number of benzene rings is 2. The molecule has 1 atom stereocenters. The third-order valence-corrected chi connectivity index (χ3v) is 4.06. The first-order valence-electron chi connectivity index (χ1n) is 6.71. The van der Waals surface area contributed by atoms with Crippen molar-refractivity contribution < 1.29 is 4.79 Å². The highest BCUT2D eigenvalue weighted by Crippen LogP contribution is 2.37. The number of anilines is 1. The molecule has 0 aliphatic carbocycles. The molecule has 2 nitrogen and oxygen atoms in total. The van der Waals surface area contributed by atoms with Crippen LogP contribution in [0.5, 0.6) is 0 Å². The van der Waals surface area contributed by atoms with Gasteiger partial charge in [-0.15, -0.1) is 0 Å². The number of amides is 1. The molecular formula is C17H16ClNO. The molecule has 3 rings (SSSR count). The lowest BCUT2D eigenvalue weighted by Crippen LogP contribution is -2.14. The van der Waals surface area contributed by atoms with E-state index < -0.39 is 0 Å². The molecule has 1 amide bonds. The number of hydrogen-bond donors (Lipinski definition) is 1. The van der Waals surface area contributed by atoms with Crippen LogP contribution >= 0.6 is 11.6 Å². The van der Waals surface area contributed by atoms with E-state index in [0.29, 0.717) is 6.42 Å². The summed E-state index contributed by atoms with van der Waals surface area (Å²) in [6.45, 7) is 4.10. The number of aryl methyl sites for hydroxylation is 2. The molecule has 0 saturated heterocycles. The molecule has 1 aliphatic heterocycles. The van der Waals surface area contributed by atoms with Gasteiger partial charge >= 0.3 is 0 Å². The summed E-state index contributed by atoms with van der Waals surface area (Å²) in [5, 5.41) is 3.73. The molecule has 0 bridgehead atoms. The van der Waals surface area contributed by atoms with Gasteiger partial charge < -0.3 is 5.32 Å². The Kier molecular flexibility index (Phi) is 3.27. The lowest BCUT2D eigenvalue weighted by Gasteiger charge is -2.10. The Morgan fingerprint density at radius 1 is 1.15 bits per heavy atom. The largest absolute Gasteiger partial charge is 0.325 e. The molecule has 0 aromatic heterocycles. The van der Waals surface area contributed by atoms with Crippen LogP contribution in [0, 0.1) is 13.8 Å². The van der Waals surface area contributed by atoms with Crippen molar-refractivity contribution in [3.8, 4) is 0 Å². The maximum Gasteiger partial charge on any atom is 0.232 e. The number of nitrogens with one attached hydrogen (secondary N) is 1. The number of halogens is 1. The Morgan fingerprint density at radius 2 is 1.85 bits per heavy atom. The minimum Gasteiger partial charge on any atom is -0.325 e. The van der Waals surface area contributed by atoms with E-state index in [1.165, 1.54) is 5.56 Å². The maximum absolute atomic E-state index is 12.2. The molecule has 0 spiro atoms. The quantitative estimate of drug-likeness (QED) is 0.879. The number of fused-ring (bicyclic) bond motifs is 1. The fourth-order valence-corrected chi connectivity index (χ4v) is 2.98. The van der Waals surface area contributed by atoms with Gasteiger partial charge in [0.1, 0.15) is 0 Å². The first kappa shape index (κ1) is 13.2. The van der Waals surface area contributed by atoms with Crippen molar-refractivity contribution >= 4 is 23.2 Å². The second kappa shape index (κ2) is 4.95. The molecule has 1 N–H and O–H groups in total. The molecule has 1 heterocycles. The normalized spacial score (nSPS) is 16.9. The summed E-state index contributed by atoms with van der Waals surface area (Å²) in [6.07, 6.45) is 0.707. The van der Waals surface area contributed by atoms with Gasteiger partial charge in [-0.05, 0) is 49.1 Å². The first-order valence-corrected chi connectivity index (χ1v) is 7.09. The zero-order chi connectivity index (χ0) is 14.3. The summed E-state index contributed by atoms with van der Waals surface area (Å²) < 4.78 is 0. The monoisotopic (exact) mass is 285 g/mol. The van der Waals surface area contributed by atoms with Gasteiger partial charge in [-0.3, -0.25) is 4.79 Å². The van der Waals surface area contributed by atoms with E-state index in [-0.39, 0.29) is 11.8 Å². The number of hydrogen-bond acceptors (Lipinski definition) is 1. The van der Waals surface area contributed by atoms with Gasteiger partial charge in [0.25, 0.3) is 0 Å². The Morgan fingerprint density at radius 3 is 2.55 bits per heavy atom. The second-order valence-electron chi connectivity index (χ2n) is 5.42. The average Bonchev–Trinajstić information content (AvgIpc) is 2.70. The second-order valence-corrected chi connectivity index (χ2v) is 5.85. The number of carbonyl (C=O) groups excluding carboxylic acids is 1. The van der Waals surface area contributed by atoms with Crippen molar-refractivity contribution in [3.05, 3.63) is 63.7 Å². The van der Waals surface area contributed by atoms with Crippen LogP contribution in [0.15, 0.2) is 36.4 Å². The fraction of sp³-hybridized carbons (Fsp3) is 0.235. The zero-order valence-electron chi connectivity index (χ0n) is 11.5. The molecular weight excluding hydrogens is 270 g/mol. The van der Waals surface area contributed by atoms with Gasteiger partial charge in [-0.1, -0.05) is 41.4 Å². The van der Waals surface area contributed by atoms with E-state index in [9.17, 15) is 4.79 Å². The predicted octanol–water partition coefficient (Wildman–Crippen LogP) is 4.24. The van der Waals surface area contributed by atoms with Gasteiger partial charge in [0.15, 0.2) is 0 Å². The highest BCUT2D eigenvalue weighted by molar-refractivity contribution is 6.30. The molecule has 102 valence electrons. The summed E-state index contributed by atoms with van der Waals surface area (Å²) >= 11 is 5.90. The Hall–Kier alpha value is -1.80. The molecule has 0 radical (unpaired) electrons. The van der Waals surface area contributed by atoms with Crippen molar-refractivity contribution in [1.29, 1.82) is 0 Å². The van der Waals surface area contributed by atoms with Crippen molar-refractivity contribution in [2.24, 2.45) is 0 Å². The van der Waals surface area contributed by atoms with Gasteiger partial charge in [0.2, 0.25) is 5.91 Å². The smallest absolute Gasteiger partial charge is 0.232 e. The van der Waals surface area contributed by atoms with E-state index in [1.54, 1.807) is 0 Å². The van der Waals surface area contributed by atoms with Gasteiger partial charge in [0, 0.05) is 10.7 Å². The average molecular weight is 286 g/mol. The number of rotatable bonds is 2. The fourth-order valence-electron chi connectivity index (χ4n) is 2.86. The van der Waals surface area contributed by atoms with Gasteiger partial charge in [-0.2, -0.15) is 0 Å². The Bertz CT molecular complexity index is 676. The van der Waals surface area contributed by atoms with Crippen molar-refractivity contribution in [3.63, 3.8) is 0 Å². The third kappa shape index (κ3) is 2.32. The summed E-state index contributed by atoms with van der Waals surface area (Å²) in [7, 11) is 0. The summed E-state index contributed by atoms with van der Waals surface area (Å²) in [5.41, 5.74) is 5.55. The summed E-state index contributed by atoms with van der Waals surface area (Å²) in [5.74, 6) is -0.0200. The zero-order valence-corrected chi connectivity index (χ0v) is 12.3. The third-order valence-electron chi connectivity index (χ3n) is 3.80. The molecule has 0 unspecified atom stereocenters. The SMILES string of the molecule is Cc1cc(C)c2c(c1)[C@@H](Cc1ccc(Cl)cc1)C(=O)N2. The van der Waals surface area contributed by atoms with Crippen molar-refractivity contribution in [2.75, 3.05) is 5.32 Å². The van der Waals surface area contributed by atoms with Crippen LogP contribution in [-0.4, -0.2) is 5.91 Å².